The topological polar surface area (TPSA) is 55.2 Å². The first-order valence-electron chi connectivity index (χ1n) is 6.37. The molecule has 0 saturated heterocycles. The number of rotatable bonds is 3. The first kappa shape index (κ1) is 13.8. The quantitative estimate of drug-likeness (QED) is 0.818. The average molecular weight is 308 g/mol. The predicted octanol–water partition coefficient (Wildman–Crippen LogP) is 2.43. The summed E-state index contributed by atoms with van der Waals surface area (Å²) >= 11 is 5.67. The molecule has 1 aromatic carbocycles. The highest BCUT2D eigenvalue weighted by Gasteiger charge is 2.36. The summed E-state index contributed by atoms with van der Waals surface area (Å²) in [6.45, 7) is 2.81. The van der Waals surface area contributed by atoms with Crippen molar-refractivity contribution in [1.82, 2.24) is 9.78 Å². The monoisotopic (exact) mass is 307 g/mol. The number of fused-ring (bicyclic) bond motifs is 1. The molecule has 0 saturated carbocycles. The lowest BCUT2D eigenvalue weighted by molar-refractivity contribution is -0.114. The lowest BCUT2D eigenvalue weighted by atomic mass is 10.1. The molecule has 0 unspecified atom stereocenters. The van der Waals surface area contributed by atoms with Crippen LogP contribution in [-0.2, 0) is 17.9 Å². The van der Waals surface area contributed by atoms with Crippen molar-refractivity contribution in [2.24, 2.45) is 0 Å². The number of aryl methyl sites for hydroxylation is 1. The fourth-order valence-corrected chi connectivity index (χ4v) is 2.45. The van der Waals surface area contributed by atoms with Gasteiger partial charge >= 0.3 is 0 Å². The molecule has 1 amide bonds. The Morgan fingerprint density at radius 1 is 1.33 bits per heavy atom. The van der Waals surface area contributed by atoms with Gasteiger partial charge in [-0.05, 0) is 19.1 Å². The van der Waals surface area contributed by atoms with Crippen molar-refractivity contribution in [1.29, 1.82) is 0 Å². The van der Waals surface area contributed by atoms with E-state index in [-0.39, 0.29) is 22.8 Å². The second-order valence-electron chi connectivity index (χ2n) is 4.71. The zero-order chi connectivity index (χ0) is 15.1. The van der Waals surface area contributed by atoms with Gasteiger partial charge in [-0.25, -0.2) is 4.39 Å². The second kappa shape index (κ2) is 4.96. The maximum absolute atomic E-state index is 13.6. The normalized spacial score (nSPS) is 14.0. The van der Waals surface area contributed by atoms with Crippen molar-refractivity contribution in [2.45, 2.75) is 20.0 Å². The van der Waals surface area contributed by atoms with Gasteiger partial charge in [0.1, 0.15) is 5.82 Å². The van der Waals surface area contributed by atoms with E-state index in [1.807, 2.05) is 6.92 Å². The van der Waals surface area contributed by atoms with Crippen LogP contribution in [0.3, 0.4) is 0 Å². The van der Waals surface area contributed by atoms with E-state index in [1.165, 1.54) is 11.0 Å². The van der Waals surface area contributed by atoms with Crippen molar-refractivity contribution in [3.8, 4) is 0 Å². The molecule has 0 fully saturated rings. The number of nitrogens with zero attached hydrogens (tertiary/aromatic N) is 3. The number of ketones is 1. The molecule has 2 heterocycles. The predicted molar refractivity (Wildman–Crippen MR) is 74.8 cm³/mol. The number of carbonyl (C=O) groups excluding carboxylic acids is 2. The Morgan fingerprint density at radius 2 is 2.10 bits per heavy atom. The molecule has 1 aromatic heterocycles. The molecule has 0 atom stereocenters. The number of hydrogen-bond acceptors (Lipinski definition) is 3. The van der Waals surface area contributed by atoms with Gasteiger partial charge in [-0.15, -0.1) is 0 Å². The van der Waals surface area contributed by atoms with E-state index < -0.39 is 17.5 Å². The molecule has 21 heavy (non-hydrogen) atoms. The molecular weight excluding hydrogens is 297 g/mol. The fraction of sp³-hybridized carbons (Fsp3) is 0.214. The summed E-state index contributed by atoms with van der Waals surface area (Å²) in [7, 11) is 0. The van der Waals surface area contributed by atoms with E-state index in [2.05, 4.69) is 5.10 Å². The number of halogens is 2. The van der Waals surface area contributed by atoms with Crippen molar-refractivity contribution < 1.29 is 14.0 Å². The van der Waals surface area contributed by atoms with Crippen LogP contribution in [0, 0.1) is 5.82 Å². The van der Waals surface area contributed by atoms with Crippen LogP contribution in [0.25, 0.3) is 0 Å². The Morgan fingerprint density at radius 3 is 2.76 bits per heavy atom. The lowest BCUT2D eigenvalue weighted by Crippen LogP contribution is -2.29. The Balaban J connectivity index is 1.99. The number of carbonyl (C=O) groups is 2. The zero-order valence-electron chi connectivity index (χ0n) is 11.1. The fourth-order valence-electron chi connectivity index (χ4n) is 2.29. The van der Waals surface area contributed by atoms with Crippen molar-refractivity contribution in [3.63, 3.8) is 0 Å². The summed E-state index contributed by atoms with van der Waals surface area (Å²) in [4.78, 5) is 25.2. The van der Waals surface area contributed by atoms with Gasteiger partial charge in [-0.2, -0.15) is 5.10 Å². The number of amides is 1. The maximum Gasteiger partial charge on any atom is 0.299 e. The summed E-state index contributed by atoms with van der Waals surface area (Å²) < 4.78 is 15.3. The van der Waals surface area contributed by atoms with E-state index in [1.54, 1.807) is 17.1 Å². The third kappa shape index (κ3) is 2.21. The highest BCUT2D eigenvalue weighted by molar-refractivity contribution is 6.52. The van der Waals surface area contributed by atoms with Crippen LogP contribution < -0.4 is 4.90 Å². The van der Waals surface area contributed by atoms with Crippen LogP contribution in [0.15, 0.2) is 24.5 Å². The maximum atomic E-state index is 13.6. The van der Waals surface area contributed by atoms with Gasteiger partial charge in [0, 0.05) is 18.3 Å². The van der Waals surface area contributed by atoms with E-state index in [0.29, 0.717) is 6.54 Å². The van der Waals surface area contributed by atoms with Gasteiger partial charge in [0.05, 0.1) is 29.0 Å². The molecule has 1 aliphatic heterocycles. The lowest BCUT2D eigenvalue weighted by Gasteiger charge is -2.15. The summed E-state index contributed by atoms with van der Waals surface area (Å²) in [5.74, 6) is -2.02. The molecule has 0 spiro atoms. The first-order valence-corrected chi connectivity index (χ1v) is 6.75. The minimum atomic E-state index is -0.684. The van der Waals surface area contributed by atoms with Crippen LogP contribution in [-0.4, -0.2) is 21.5 Å². The van der Waals surface area contributed by atoms with E-state index in [4.69, 9.17) is 11.6 Å². The molecule has 5 nitrogen and oxygen atoms in total. The summed E-state index contributed by atoms with van der Waals surface area (Å²) in [6, 6.07) is 2.31. The minimum absolute atomic E-state index is 0.134. The number of benzene rings is 1. The highest BCUT2D eigenvalue weighted by Crippen LogP contribution is 2.34. The van der Waals surface area contributed by atoms with Gasteiger partial charge in [-0.1, -0.05) is 11.6 Å². The average Bonchev–Trinajstić information content (AvgIpc) is 3.01. The third-order valence-corrected chi connectivity index (χ3v) is 3.65. The number of aromatic nitrogens is 2. The Bertz CT molecular complexity index is 757. The molecule has 7 heteroatoms. The Labute approximate surface area is 124 Å². The molecular formula is C14H11ClFN3O2. The van der Waals surface area contributed by atoms with Gasteiger partial charge in [-0.3, -0.25) is 14.3 Å². The molecule has 0 bridgehead atoms. The minimum Gasteiger partial charge on any atom is -0.300 e. The van der Waals surface area contributed by atoms with E-state index in [9.17, 15) is 14.0 Å². The van der Waals surface area contributed by atoms with Crippen molar-refractivity contribution >= 4 is 29.0 Å². The van der Waals surface area contributed by atoms with Gasteiger partial charge < -0.3 is 4.90 Å². The standard InChI is InChI=1S/C14H11ClFN3O2/c1-2-18-6-8(5-17-18)7-19-12-4-11(16)10(15)3-9(12)13(20)14(19)21/h3-6H,2,7H2,1H3. The SMILES string of the molecule is CCn1cc(CN2C(=O)C(=O)c3cc(Cl)c(F)cc32)cn1. The third-order valence-electron chi connectivity index (χ3n) is 3.36. The Kier molecular flexibility index (Phi) is 3.25. The number of anilines is 1. The first-order chi connectivity index (χ1) is 10.0. The van der Waals surface area contributed by atoms with Crippen LogP contribution in [0.2, 0.25) is 5.02 Å². The summed E-state index contributed by atoms with van der Waals surface area (Å²) in [6.07, 6.45) is 3.40. The summed E-state index contributed by atoms with van der Waals surface area (Å²) in [5, 5.41) is 3.94. The molecule has 0 aliphatic carbocycles. The van der Waals surface area contributed by atoms with Crippen molar-refractivity contribution in [2.75, 3.05) is 4.90 Å². The molecule has 0 N–H and O–H groups in total. The highest BCUT2D eigenvalue weighted by atomic mass is 35.5. The van der Waals surface area contributed by atoms with Crippen LogP contribution >= 0.6 is 11.6 Å². The van der Waals surface area contributed by atoms with Crippen LogP contribution in [0.5, 0.6) is 0 Å². The van der Waals surface area contributed by atoms with E-state index in [0.717, 1.165) is 11.6 Å². The van der Waals surface area contributed by atoms with Gasteiger partial charge in [0.15, 0.2) is 0 Å². The molecule has 108 valence electrons. The zero-order valence-corrected chi connectivity index (χ0v) is 11.9. The van der Waals surface area contributed by atoms with Crippen molar-refractivity contribution in [3.05, 3.63) is 46.5 Å². The molecule has 0 radical (unpaired) electrons. The second-order valence-corrected chi connectivity index (χ2v) is 5.12. The number of Topliss-reactive ketones (excluding diaryl/α,β-unsaturated/α-hetero) is 1. The van der Waals surface area contributed by atoms with E-state index >= 15 is 0 Å². The summed E-state index contributed by atoms with van der Waals surface area (Å²) in [5.41, 5.74) is 1.15. The smallest absolute Gasteiger partial charge is 0.299 e. The molecule has 2 aromatic rings. The molecule has 3 rings (SSSR count). The van der Waals surface area contributed by atoms with Crippen LogP contribution in [0.1, 0.15) is 22.8 Å². The molecule has 1 aliphatic rings. The van der Waals surface area contributed by atoms with Crippen LogP contribution in [0.4, 0.5) is 10.1 Å². The largest absolute Gasteiger partial charge is 0.300 e. The van der Waals surface area contributed by atoms with Gasteiger partial charge in [0.25, 0.3) is 11.7 Å². The van der Waals surface area contributed by atoms with Gasteiger partial charge in [0.2, 0.25) is 0 Å². The Hall–Kier alpha value is -2.21. The number of hydrogen-bond donors (Lipinski definition) is 0.